The zero-order valence-electron chi connectivity index (χ0n) is 12.5. The van der Waals surface area contributed by atoms with Gasteiger partial charge in [-0.05, 0) is 62.8 Å². The minimum absolute atomic E-state index is 0.813. The number of hydrogen-bond donors (Lipinski definition) is 0. The van der Waals surface area contributed by atoms with Gasteiger partial charge in [-0.15, -0.1) is 0 Å². The maximum Gasteiger partial charge on any atom is 0.0739 e. The van der Waals surface area contributed by atoms with Gasteiger partial charge < -0.3 is 9.80 Å². The number of aromatic nitrogens is 2. The van der Waals surface area contributed by atoms with E-state index in [1.807, 2.05) is 0 Å². The van der Waals surface area contributed by atoms with Gasteiger partial charge in [-0.1, -0.05) is 0 Å². The van der Waals surface area contributed by atoms with Crippen LogP contribution in [0.3, 0.4) is 0 Å². The third-order valence-corrected chi connectivity index (χ3v) is 4.96. The molecule has 2 heterocycles. The van der Waals surface area contributed by atoms with Gasteiger partial charge in [0.15, 0.2) is 0 Å². The highest BCUT2D eigenvalue weighted by molar-refractivity contribution is 9.10. The molecule has 1 unspecified atom stereocenters. The van der Waals surface area contributed by atoms with E-state index in [9.17, 15) is 0 Å². The average Bonchev–Trinajstić information content (AvgIpc) is 2.87. The molecule has 0 N–H and O–H groups in total. The normalized spacial score (nSPS) is 20.6. The molecule has 0 spiro atoms. The van der Waals surface area contributed by atoms with E-state index in [0.717, 1.165) is 24.7 Å². The smallest absolute Gasteiger partial charge is 0.0739 e. The first-order chi connectivity index (χ1) is 9.01. The van der Waals surface area contributed by atoms with Gasteiger partial charge in [-0.3, -0.25) is 4.68 Å². The zero-order valence-corrected chi connectivity index (χ0v) is 14.1. The van der Waals surface area contributed by atoms with Crippen LogP contribution in [-0.4, -0.2) is 53.3 Å². The highest BCUT2D eigenvalue weighted by atomic mass is 79.9. The van der Waals surface area contributed by atoms with Crippen molar-refractivity contribution < 1.29 is 0 Å². The minimum atomic E-state index is 0.813. The van der Waals surface area contributed by atoms with E-state index >= 15 is 0 Å². The lowest BCUT2D eigenvalue weighted by molar-refractivity contribution is 0.260. The second-order valence-corrected chi connectivity index (χ2v) is 6.57. The summed E-state index contributed by atoms with van der Waals surface area (Å²) in [5.74, 6) is 0.813. The van der Waals surface area contributed by atoms with Crippen molar-refractivity contribution in [3.8, 4) is 0 Å². The molecule has 1 fully saturated rings. The van der Waals surface area contributed by atoms with Crippen LogP contribution >= 0.6 is 15.9 Å². The molecule has 19 heavy (non-hydrogen) atoms. The van der Waals surface area contributed by atoms with Crippen molar-refractivity contribution in [2.24, 2.45) is 5.92 Å². The van der Waals surface area contributed by atoms with Crippen LogP contribution in [0.1, 0.15) is 24.7 Å². The second kappa shape index (κ2) is 6.37. The topological polar surface area (TPSA) is 24.3 Å². The van der Waals surface area contributed by atoms with E-state index in [1.54, 1.807) is 0 Å². The molecule has 1 aliphatic rings. The van der Waals surface area contributed by atoms with Gasteiger partial charge in [-0.25, -0.2) is 0 Å². The number of nitrogens with zero attached hydrogens (tertiary/aromatic N) is 4. The Morgan fingerprint density at radius 2 is 2.21 bits per heavy atom. The molecule has 0 aliphatic carbocycles. The quantitative estimate of drug-likeness (QED) is 0.829. The standard InChI is InChI=1S/C14H25BrN4/c1-5-19-13(14(15)11(2)16-19)10-18(4)9-12-6-7-17(3)8-12/h12H,5-10H2,1-4H3. The maximum absolute atomic E-state index is 4.56. The summed E-state index contributed by atoms with van der Waals surface area (Å²) >= 11 is 3.67. The fourth-order valence-electron chi connectivity index (χ4n) is 2.96. The molecule has 5 heteroatoms. The Morgan fingerprint density at radius 3 is 2.79 bits per heavy atom. The Morgan fingerprint density at radius 1 is 1.47 bits per heavy atom. The zero-order chi connectivity index (χ0) is 14.0. The number of aryl methyl sites for hydroxylation is 2. The lowest BCUT2D eigenvalue weighted by Gasteiger charge is -2.21. The molecule has 0 bridgehead atoms. The van der Waals surface area contributed by atoms with Gasteiger partial charge in [0.25, 0.3) is 0 Å². The summed E-state index contributed by atoms with van der Waals surface area (Å²) in [6.45, 7) is 9.76. The lowest BCUT2D eigenvalue weighted by Crippen LogP contribution is -2.28. The van der Waals surface area contributed by atoms with Crippen LogP contribution in [0.15, 0.2) is 4.47 Å². The van der Waals surface area contributed by atoms with Gasteiger partial charge in [0.1, 0.15) is 0 Å². The Balaban J connectivity index is 1.96. The van der Waals surface area contributed by atoms with Gasteiger partial charge in [0.05, 0.1) is 15.9 Å². The Bertz CT molecular complexity index is 429. The fraction of sp³-hybridized carbons (Fsp3) is 0.786. The molecule has 1 saturated heterocycles. The molecular formula is C14H25BrN4. The van der Waals surface area contributed by atoms with Gasteiger partial charge in [0, 0.05) is 26.2 Å². The van der Waals surface area contributed by atoms with Crippen LogP contribution in [0.5, 0.6) is 0 Å². The van der Waals surface area contributed by atoms with Crippen molar-refractivity contribution >= 4 is 15.9 Å². The largest absolute Gasteiger partial charge is 0.306 e. The van der Waals surface area contributed by atoms with Gasteiger partial charge in [0.2, 0.25) is 0 Å². The monoisotopic (exact) mass is 328 g/mol. The average molecular weight is 329 g/mol. The molecule has 2 rings (SSSR count). The molecule has 1 aliphatic heterocycles. The van der Waals surface area contributed by atoms with Crippen LogP contribution in [0.4, 0.5) is 0 Å². The molecule has 0 aromatic carbocycles. The first-order valence-corrected chi connectivity index (χ1v) is 7.89. The third kappa shape index (κ3) is 3.58. The molecule has 108 valence electrons. The van der Waals surface area contributed by atoms with Crippen molar-refractivity contribution in [2.75, 3.05) is 33.7 Å². The Kier molecular flexibility index (Phi) is 5.03. The summed E-state index contributed by atoms with van der Waals surface area (Å²) in [5, 5.41) is 4.56. The number of hydrogen-bond acceptors (Lipinski definition) is 3. The Hall–Kier alpha value is -0.390. The van der Waals surface area contributed by atoms with Gasteiger partial charge >= 0.3 is 0 Å². The van der Waals surface area contributed by atoms with Crippen molar-refractivity contribution in [3.63, 3.8) is 0 Å². The summed E-state index contributed by atoms with van der Waals surface area (Å²) in [6, 6.07) is 0. The van der Waals surface area contributed by atoms with E-state index < -0.39 is 0 Å². The summed E-state index contributed by atoms with van der Waals surface area (Å²) < 4.78 is 3.28. The van der Waals surface area contributed by atoms with Crippen LogP contribution in [0.2, 0.25) is 0 Å². The first kappa shape index (κ1) is 15.0. The van der Waals surface area contributed by atoms with Gasteiger partial charge in [-0.2, -0.15) is 5.10 Å². The van der Waals surface area contributed by atoms with Crippen molar-refractivity contribution in [1.29, 1.82) is 0 Å². The van der Waals surface area contributed by atoms with E-state index in [-0.39, 0.29) is 0 Å². The number of halogens is 1. The van der Waals surface area contributed by atoms with E-state index in [1.165, 1.54) is 36.2 Å². The summed E-state index contributed by atoms with van der Waals surface area (Å²) in [5.41, 5.74) is 2.39. The highest BCUT2D eigenvalue weighted by Crippen LogP contribution is 2.23. The maximum atomic E-state index is 4.56. The SMILES string of the molecule is CCn1nc(C)c(Br)c1CN(C)CC1CCN(C)C1. The molecule has 0 radical (unpaired) electrons. The Labute approximate surface area is 124 Å². The van der Waals surface area contributed by atoms with E-state index in [0.29, 0.717) is 0 Å². The van der Waals surface area contributed by atoms with Crippen molar-refractivity contribution in [1.82, 2.24) is 19.6 Å². The predicted molar refractivity (Wildman–Crippen MR) is 82.3 cm³/mol. The molecular weight excluding hydrogens is 304 g/mol. The van der Waals surface area contributed by atoms with Crippen LogP contribution in [0.25, 0.3) is 0 Å². The highest BCUT2D eigenvalue weighted by Gasteiger charge is 2.22. The molecule has 4 nitrogen and oxygen atoms in total. The molecule has 0 saturated carbocycles. The van der Waals surface area contributed by atoms with Crippen molar-refractivity contribution in [2.45, 2.75) is 33.4 Å². The molecule has 1 atom stereocenters. The first-order valence-electron chi connectivity index (χ1n) is 7.10. The fourth-order valence-corrected chi connectivity index (χ4v) is 3.37. The minimum Gasteiger partial charge on any atom is -0.306 e. The van der Waals surface area contributed by atoms with E-state index in [2.05, 4.69) is 63.5 Å². The molecule has 1 aromatic rings. The summed E-state index contributed by atoms with van der Waals surface area (Å²) in [7, 11) is 4.43. The molecule has 0 amide bonds. The lowest BCUT2D eigenvalue weighted by atomic mass is 10.1. The summed E-state index contributed by atoms with van der Waals surface area (Å²) in [6.07, 6.45) is 1.33. The third-order valence-electron chi connectivity index (χ3n) is 3.93. The van der Waals surface area contributed by atoms with Crippen LogP contribution in [0, 0.1) is 12.8 Å². The van der Waals surface area contributed by atoms with Crippen molar-refractivity contribution in [3.05, 3.63) is 15.9 Å². The predicted octanol–water partition coefficient (Wildman–Crippen LogP) is 2.36. The van der Waals surface area contributed by atoms with Crippen LogP contribution in [-0.2, 0) is 13.1 Å². The molecule has 1 aromatic heterocycles. The summed E-state index contributed by atoms with van der Waals surface area (Å²) in [4.78, 5) is 4.85. The van der Waals surface area contributed by atoms with Crippen LogP contribution < -0.4 is 0 Å². The van der Waals surface area contributed by atoms with E-state index in [4.69, 9.17) is 0 Å². The number of likely N-dealkylation sites (tertiary alicyclic amines) is 1. The number of rotatable bonds is 5. The second-order valence-electron chi connectivity index (χ2n) is 5.78.